The summed E-state index contributed by atoms with van der Waals surface area (Å²) in [5, 5.41) is 11.3. The number of carboxylic acid groups (broad SMARTS) is 1. The third-order valence-corrected chi connectivity index (χ3v) is 3.93. The second-order valence-electron chi connectivity index (χ2n) is 5.93. The van der Waals surface area contributed by atoms with E-state index in [1.165, 1.54) is 12.1 Å². The SMILES string of the molecule is O=C(O)/C(=C/c1ccc(-c2ccccc2)o1)NC(=O)c1ccccc1C(F)(F)F. The molecule has 1 aromatic heterocycles. The van der Waals surface area contributed by atoms with Gasteiger partial charge < -0.3 is 14.8 Å². The van der Waals surface area contributed by atoms with Gasteiger partial charge in [0.25, 0.3) is 5.91 Å². The highest BCUT2D eigenvalue weighted by Gasteiger charge is 2.35. The number of aliphatic carboxylic acids is 1. The summed E-state index contributed by atoms with van der Waals surface area (Å²) in [6.45, 7) is 0. The molecule has 0 aliphatic carbocycles. The molecule has 1 amide bonds. The van der Waals surface area contributed by atoms with E-state index in [9.17, 15) is 27.9 Å². The first-order chi connectivity index (χ1) is 13.8. The van der Waals surface area contributed by atoms with Gasteiger partial charge >= 0.3 is 12.1 Å². The summed E-state index contributed by atoms with van der Waals surface area (Å²) in [5.74, 6) is -2.14. The third kappa shape index (κ3) is 4.73. The minimum Gasteiger partial charge on any atom is -0.477 e. The minimum atomic E-state index is -4.76. The highest BCUT2D eigenvalue weighted by Crippen LogP contribution is 2.32. The summed E-state index contributed by atoms with van der Waals surface area (Å²) >= 11 is 0. The maximum Gasteiger partial charge on any atom is 0.417 e. The number of hydrogen-bond acceptors (Lipinski definition) is 3. The van der Waals surface area contributed by atoms with Gasteiger partial charge in [-0.1, -0.05) is 42.5 Å². The molecule has 29 heavy (non-hydrogen) atoms. The zero-order valence-corrected chi connectivity index (χ0v) is 14.7. The summed E-state index contributed by atoms with van der Waals surface area (Å²) < 4.78 is 44.8. The predicted octanol–water partition coefficient (Wildman–Crippen LogP) is 4.82. The van der Waals surface area contributed by atoms with Crippen molar-refractivity contribution in [3.8, 4) is 11.3 Å². The Bertz CT molecular complexity index is 1070. The van der Waals surface area contributed by atoms with Gasteiger partial charge in [0.05, 0.1) is 11.1 Å². The van der Waals surface area contributed by atoms with Crippen LogP contribution in [0, 0.1) is 0 Å². The van der Waals surface area contributed by atoms with Gasteiger partial charge in [-0.2, -0.15) is 13.2 Å². The molecule has 3 aromatic rings. The highest BCUT2D eigenvalue weighted by atomic mass is 19.4. The predicted molar refractivity (Wildman–Crippen MR) is 98.7 cm³/mol. The molecular weight excluding hydrogens is 387 g/mol. The Morgan fingerprint density at radius 1 is 0.931 bits per heavy atom. The summed E-state index contributed by atoms with van der Waals surface area (Å²) in [6.07, 6.45) is -3.73. The standard InChI is InChI=1S/C21H14F3NO4/c22-21(23,24)16-9-5-4-8-15(16)19(26)25-17(20(27)28)12-14-10-11-18(29-14)13-6-2-1-3-7-13/h1-12H,(H,25,26)(H,27,28)/b17-12-. The number of amides is 1. The van der Waals surface area contributed by atoms with Gasteiger partial charge in [0.15, 0.2) is 0 Å². The lowest BCUT2D eigenvalue weighted by Crippen LogP contribution is -2.29. The molecule has 0 bridgehead atoms. The van der Waals surface area contributed by atoms with Gasteiger partial charge in [0.2, 0.25) is 0 Å². The van der Waals surface area contributed by atoms with Crippen LogP contribution in [0.5, 0.6) is 0 Å². The van der Waals surface area contributed by atoms with Crippen molar-refractivity contribution in [2.45, 2.75) is 6.18 Å². The molecule has 0 aliphatic heterocycles. The van der Waals surface area contributed by atoms with E-state index in [1.807, 2.05) is 11.4 Å². The molecule has 1 heterocycles. The molecule has 0 unspecified atom stereocenters. The van der Waals surface area contributed by atoms with Crippen LogP contribution in [0.4, 0.5) is 13.2 Å². The van der Waals surface area contributed by atoms with Crippen LogP contribution in [0.2, 0.25) is 0 Å². The van der Waals surface area contributed by atoms with E-state index in [0.29, 0.717) is 5.76 Å². The van der Waals surface area contributed by atoms with Crippen LogP contribution < -0.4 is 5.32 Å². The fourth-order valence-corrected chi connectivity index (χ4v) is 2.60. The second-order valence-corrected chi connectivity index (χ2v) is 5.93. The number of nitrogens with one attached hydrogen (secondary N) is 1. The lowest BCUT2D eigenvalue weighted by Gasteiger charge is -2.12. The normalized spacial score (nSPS) is 11.9. The molecule has 0 aliphatic rings. The Morgan fingerprint density at radius 2 is 1.59 bits per heavy atom. The summed E-state index contributed by atoms with van der Waals surface area (Å²) in [6, 6.07) is 16.2. The maximum atomic E-state index is 13.1. The van der Waals surface area contributed by atoms with E-state index in [2.05, 4.69) is 0 Å². The van der Waals surface area contributed by atoms with E-state index in [4.69, 9.17) is 4.42 Å². The van der Waals surface area contributed by atoms with Crippen molar-refractivity contribution in [2.24, 2.45) is 0 Å². The number of carbonyl (C=O) groups excluding carboxylic acids is 1. The second kappa shape index (κ2) is 8.05. The maximum absolute atomic E-state index is 13.1. The molecule has 8 heteroatoms. The van der Waals surface area contributed by atoms with Crippen LogP contribution in [0.3, 0.4) is 0 Å². The Kier molecular flexibility index (Phi) is 5.54. The molecular formula is C21H14F3NO4. The largest absolute Gasteiger partial charge is 0.477 e. The average molecular weight is 401 g/mol. The van der Waals surface area contributed by atoms with Crippen LogP contribution in [0.1, 0.15) is 21.7 Å². The number of carbonyl (C=O) groups is 2. The van der Waals surface area contributed by atoms with E-state index in [0.717, 1.165) is 29.8 Å². The first-order valence-electron chi connectivity index (χ1n) is 8.33. The van der Waals surface area contributed by atoms with Crippen molar-refractivity contribution in [3.05, 3.63) is 89.3 Å². The van der Waals surface area contributed by atoms with Gasteiger partial charge in [-0.05, 0) is 24.3 Å². The molecule has 5 nitrogen and oxygen atoms in total. The zero-order chi connectivity index (χ0) is 21.0. The van der Waals surface area contributed by atoms with Gasteiger partial charge in [-0.3, -0.25) is 4.79 Å². The average Bonchev–Trinajstić information content (AvgIpc) is 3.16. The van der Waals surface area contributed by atoms with E-state index in [-0.39, 0.29) is 5.76 Å². The minimum absolute atomic E-state index is 0.116. The van der Waals surface area contributed by atoms with Crippen molar-refractivity contribution < 1.29 is 32.3 Å². The van der Waals surface area contributed by atoms with E-state index < -0.39 is 34.9 Å². The zero-order valence-electron chi connectivity index (χ0n) is 14.7. The van der Waals surface area contributed by atoms with Crippen molar-refractivity contribution in [1.82, 2.24) is 5.32 Å². The van der Waals surface area contributed by atoms with Gasteiger partial charge in [-0.15, -0.1) is 0 Å². The van der Waals surface area contributed by atoms with Gasteiger partial charge in [0, 0.05) is 11.6 Å². The summed E-state index contributed by atoms with van der Waals surface area (Å²) in [5.41, 5.74) is -1.71. The molecule has 2 aromatic carbocycles. The molecule has 0 radical (unpaired) electrons. The fraction of sp³-hybridized carbons (Fsp3) is 0.0476. The molecule has 0 spiro atoms. The van der Waals surface area contributed by atoms with Crippen molar-refractivity contribution in [3.63, 3.8) is 0 Å². The van der Waals surface area contributed by atoms with Crippen LogP contribution in [0.25, 0.3) is 17.4 Å². The number of benzene rings is 2. The van der Waals surface area contributed by atoms with E-state index >= 15 is 0 Å². The number of halogens is 3. The van der Waals surface area contributed by atoms with E-state index in [1.54, 1.807) is 30.3 Å². The molecule has 0 saturated heterocycles. The van der Waals surface area contributed by atoms with Gasteiger partial charge in [-0.25, -0.2) is 4.79 Å². The first-order valence-corrected chi connectivity index (χ1v) is 8.33. The van der Waals surface area contributed by atoms with Crippen LogP contribution >= 0.6 is 0 Å². The monoisotopic (exact) mass is 401 g/mol. The lowest BCUT2D eigenvalue weighted by molar-refractivity contribution is -0.138. The quantitative estimate of drug-likeness (QED) is 0.601. The number of alkyl halides is 3. The molecule has 0 fully saturated rings. The molecule has 2 N–H and O–H groups in total. The van der Waals surface area contributed by atoms with Gasteiger partial charge in [0.1, 0.15) is 17.2 Å². The third-order valence-electron chi connectivity index (χ3n) is 3.93. The van der Waals surface area contributed by atoms with Crippen LogP contribution in [0.15, 0.2) is 76.8 Å². The fourth-order valence-electron chi connectivity index (χ4n) is 2.60. The Balaban J connectivity index is 1.88. The number of carboxylic acids is 1. The lowest BCUT2D eigenvalue weighted by atomic mass is 10.1. The summed E-state index contributed by atoms with van der Waals surface area (Å²) in [7, 11) is 0. The Morgan fingerprint density at radius 3 is 2.24 bits per heavy atom. The smallest absolute Gasteiger partial charge is 0.417 e. The Hall–Kier alpha value is -3.81. The topological polar surface area (TPSA) is 79.5 Å². The number of furan rings is 1. The molecule has 0 atom stereocenters. The van der Waals surface area contributed by atoms with Crippen molar-refractivity contribution >= 4 is 18.0 Å². The molecule has 0 saturated carbocycles. The first kappa shape index (κ1) is 19.9. The Labute approximate surface area is 163 Å². The van der Waals surface area contributed by atoms with Crippen molar-refractivity contribution in [1.29, 1.82) is 0 Å². The van der Waals surface area contributed by atoms with Crippen LogP contribution in [-0.4, -0.2) is 17.0 Å². The van der Waals surface area contributed by atoms with Crippen molar-refractivity contribution in [2.75, 3.05) is 0 Å². The molecule has 148 valence electrons. The number of hydrogen-bond donors (Lipinski definition) is 2. The molecule has 3 rings (SSSR count). The number of rotatable bonds is 5. The highest BCUT2D eigenvalue weighted by molar-refractivity contribution is 6.03. The summed E-state index contributed by atoms with van der Waals surface area (Å²) in [4.78, 5) is 23.8. The van der Waals surface area contributed by atoms with Crippen LogP contribution in [-0.2, 0) is 11.0 Å².